The highest BCUT2D eigenvalue weighted by Gasteiger charge is 2.18. The molecule has 86 valence electrons. The third kappa shape index (κ3) is 1.73. The molecule has 0 amide bonds. The standard InChI is InChI=1S/C7H8IN5O2S/c1-3-4(8)5-10-7(16(2,14)15)11-6(9)13(5)12-3/h1-2H3,(H2,9,10,11). The molecule has 0 unspecified atom stereocenters. The number of aromatic nitrogens is 4. The van der Waals surface area contributed by atoms with Crippen LogP contribution in [-0.4, -0.2) is 34.3 Å². The second kappa shape index (κ2) is 3.52. The van der Waals surface area contributed by atoms with E-state index in [9.17, 15) is 8.42 Å². The van der Waals surface area contributed by atoms with E-state index in [2.05, 4.69) is 15.1 Å². The quantitative estimate of drug-likeness (QED) is 0.726. The van der Waals surface area contributed by atoms with Crippen LogP contribution in [0.1, 0.15) is 5.69 Å². The molecular formula is C7H8IN5O2S. The number of hydrogen-bond donors (Lipinski definition) is 1. The summed E-state index contributed by atoms with van der Waals surface area (Å²) in [6.07, 6.45) is 1.04. The monoisotopic (exact) mass is 353 g/mol. The van der Waals surface area contributed by atoms with Crippen LogP contribution in [-0.2, 0) is 9.84 Å². The Morgan fingerprint density at radius 1 is 1.38 bits per heavy atom. The van der Waals surface area contributed by atoms with Crippen molar-refractivity contribution in [1.29, 1.82) is 0 Å². The van der Waals surface area contributed by atoms with E-state index in [1.54, 1.807) is 6.92 Å². The molecule has 0 atom stereocenters. The minimum absolute atomic E-state index is 0.0106. The number of nitrogens with two attached hydrogens (primary N) is 1. The summed E-state index contributed by atoms with van der Waals surface area (Å²) in [6.45, 7) is 1.79. The third-order valence-corrected chi connectivity index (χ3v) is 4.03. The van der Waals surface area contributed by atoms with Crippen LogP contribution in [0.2, 0.25) is 0 Å². The Morgan fingerprint density at radius 2 is 2.00 bits per heavy atom. The summed E-state index contributed by atoms with van der Waals surface area (Å²) in [6, 6.07) is 0. The molecule has 7 nitrogen and oxygen atoms in total. The van der Waals surface area contributed by atoms with Crippen molar-refractivity contribution in [2.45, 2.75) is 12.1 Å². The molecule has 2 aromatic heterocycles. The molecule has 2 N–H and O–H groups in total. The predicted octanol–water partition coefficient (Wildman–Crippen LogP) is 0.0230. The molecule has 9 heteroatoms. The summed E-state index contributed by atoms with van der Waals surface area (Å²) >= 11 is 2.04. The lowest BCUT2D eigenvalue weighted by molar-refractivity contribution is 0.592. The number of aryl methyl sites for hydroxylation is 1. The Hall–Kier alpha value is -0.970. The van der Waals surface area contributed by atoms with Crippen LogP contribution < -0.4 is 5.73 Å². The van der Waals surface area contributed by atoms with Crippen LogP contribution >= 0.6 is 22.6 Å². The summed E-state index contributed by atoms with van der Waals surface area (Å²) in [5.41, 5.74) is 6.75. The fourth-order valence-corrected chi connectivity index (χ4v) is 2.15. The molecule has 2 rings (SSSR count). The molecule has 0 saturated heterocycles. The van der Waals surface area contributed by atoms with Gasteiger partial charge in [-0.05, 0) is 29.5 Å². The zero-order valence-electron chi connectivity index (χ0n) is 8.47. The molecule has 0 aliphatic heterocycles. The van der Waals surface area contributed by atoms with Crippen LogP contribution in [0, 0.1) is 10.5 Å². The first kappa shape index (κ1) is 11.5. The Labute approximate surface area is 105 Å². The number of fused-ring (bicyclic) bond motifs is 1. The van der Waals surface area contributed by atoms with E-state index in [0.717, 1.165) is 15.5 Å². The minimum Gasteiger partial charge on any atom is -0.368 e. The maximum atomic E-state index is 11.3. The molecule has 16 heavy (non-hydrogen) atoms. The van der Waals surface area contributed by atoms with Crippen molar-refractivity contribution in [2.24, 2.45) is 0 Å². The Morgan fingerprint density at radius 3 is 2.56 bits per heavy atom. The zero-order valence-corrected chi connectivity index (χ0v) is 11.4. The van der Waals surface area contributed by atoms with Crippen LogP contribution in [0.15, 0.2) is 5.16 Å². The fraction of sp³-hybridized carbons (Fsp3) is 0.286. The fourth-order valence-electron chi connectivity index (χ4n) is 1.18. The van der Waals surface area contributed by atoms with Crippen LogP contribution in [0.5, 0.6) is 0 Å². The van der Waals surface area contributed by atoms with E-state index in [-0.39, 0.29) is 11.1 Å². The number of rotatable bonds is 1. The summed E-state index contributed by atoms with van der Waals surface area (Å²) in [5, 5.41) is 3.82. The third-order valence-electron chi connectivity index (χ3n) is 1.92. The SMILES string of the molecule is Cc1nn2c(N)nc(S(C)(=O)=O)nc2c1I. The van der Waals surface area contributed by atoms with E-state index in [1.807, 2.05) is 22.6 Å². The summed E-state index contributed by atoms with van der Waals surface area (Å²) in [5.74, 6) is 0.0106. The maximum absolute atomic E-state index is 11.3. The van der Waals surface area contributed by atoms with E-state index in [1.165, 1.54) is 4.52 Å². The molecule has 0 aliphatic rings. The van der Waals surface area contributed by atoms with Gasteiger partial charge in [0.1, 0.15) is 0 Å². The van der Waals surface area contributed by atoms with Gasteiger partial charge < -0.3 is 5.73 Å². The molecule has 0 aliphatic carbocycles. The molecular weight excluding hydrogens is 345 g/mol. The highest BCUT2D eigenvalue weighted by atomic mass is 127. The van der Waals surface area contributed by atoms with Crippen molar-refractivity contribution in [3.05, 3.63) is 9.26 Å². The number of nitrogens with zero attached hydrogens (tertiary/aromatic N) is 4. The largest absolute Gasteiger partial charge is 0.368 e. The lowest BCUT2D eigenvalue weighted by atomic mass is 10.5. The normalized spacial score (nSPS) is 12.2. The van der Waals surface area contributed by atoms with Crippen LogP contribution in [0.3, 0.4) is 0 Å². The molecule has 2 heterocycles. The number of sulfone groups is 1. The highest BCUT2D eigenvalue weighted by molar-refractivity contribution is 14.1. The lowest BCUT2D eigenvalue weighted by Gasteiger charge is -2.00. The van der Waals surface area contributed by atoms with Crippen molar-refractivity contribution >= 4 is 44.0 Å². The molecule has 0 aromatic carbocycles. The molecule has 0 saturated carbocycles. The van der Waals surface area contributed by atoms with Gasteiger partial charge in [0.25, 0.3) is 5.16 Å². The van der Waals surface area contributed by atoms with Crippen LogP contribution in [0.25, 0.3) is 5.65 Å². The Balaban J connectivity index is 2.91. The molecule has 0 bridgehead atoms. The van der Waals surface area contributed by atoms with Crippen molar-refractivity contribution in [3.63, 3.8) is 0 Å². The Bertz CT molecular complexity index is 678. The predicted molar refractivity (Wildman–Crippen MR) is 65.8 cm³/mol. The van der Waals surface area contributed by atoms with Gasteiger partial charge in [-0.1, -0.05) is 0 Å². The van der Waals surface area contributed by atoms with Crippen molar-refractivity contribution < 1.29 is 8.42 Å². The average molecular weight is 353 g/mol. The minimum atomic E-state index is -3.47. The highest BCUT2D eigenvalue weighted by Crippen LogP contribution is 2.18. The van der Waals surface area contributed by atoms with Gasteiger partial charge in [0.15, 0.2) is 5.65 Å². The second-order valence-electron chi connectivity index (χ2n) is 3.27. The molecule has 0 fully saturated rings. The average Bonchev–Trinajstić information content (AvgIpc) is 2.44. The zero-order chi connectivity index (χ0) is 12.1. The maximum Gasteiger partial charge on any atom is 0.252 e. The topological polar surface area (TPSA) is 103 Å². The van der Waals surface area contributed by atoms with E-state index < -0.39 is 9.84 Å². The van der Waals surface area contributed by atoms with Gasteiger partial charge in [0.05, 0.1) is 9.26 Å². The number of halogens is 1. The molecule has 0 spiro atoms. The van der Waals surface area contributed by atoms with Crippen LogP contribution in [0.4, 0.5) is 5.95 Å². The number of nitrogen functional groups attached to an aromatic ring is 1. The summed E-state index contributed by atoms with van der Waals surface area (Å²) in [4.78, 5) is 7.64. The van der Waals surface area contributed by atoms with E-state index in [4.69, 9.17) is 5.73 Å². The number of anilines is 1. The van der Waals surface area contributed by atoms with Crippen molar-refractivity contribution in [1.82, 2.24) is 19.6 Å². The van der Waals surface area contributed by atoms with Gasteiger partial charge in [-0.2, -0.15) is 19.6 Å². The van der Waals surface area contributed by atoms with Gasteiger partial charge >= 0.3 is 0 Å². The Kier molecular flexibility index (Phi) is 2.53. The van der Waals surface area contributed by atoms with Gasteiger partial charge in [-0.15, -0.1) is 0 Å². The summed E-state index contributed by atoms with van der Waals surface area (Å²) in [7, 11) is -3.47. The smallest absolute Gasteiger partial charge is 0.252 e. The first-order valence-corrected chi connectivity index (χ1v) is 7.16. The van der Waals surface area contributed by atoms with Crippen molar-refractivity contribution in [3.8, 4) is 0 Å². The first-order chi connectivity index (χ1) is 7.30. The summed E-state index contributed by atoms with van der Waals surface area (Å²) < 4.78 is 24.8. The lowest BCUT2D eigenvalue weighted by Crippen LogP contribution is -2.11. The van der Waals surface area contributed by atoms with E-state index in [0.29, 0.717) is 5.65 Å². The van der Waals surface area contributed by atoms with Gasteiger partial charge in [0.2, 0.25) is 15.8 Å². The van der Waals surface area contributed by atoms with Gasteiger partial charge in [-0.3, -0.25) is 0 Å². The first-order valence-electron chi connectivity index (χ1n) is 4.19. The molecule has 2 aromatic rings. The molecule has 0 radical (unpaired) electrons. The van der Waals surface area contributed by atoms with Gasteiger partial charge in [0, 0.05) is 6.26 Å². The van der Waals surface area contributed by atoms with Crippen molar-refractivity contribution in [2.75, 3.05) is 12.0 Å². The number of hydrogen-bond acceptors (Lipinski definition) is 6. The second-order valence-corrected chi connectivity index (χ2v) is 6.26. The van der Waals surface area contributed by atoms with Gasteiger partial charge in [-0.25, -0.2) is 8.42 Å². The van der Waals surface area contributed by atoms with E-state index >= 15 is 0 Å².